The normalized spacial score (nSPS) is 14.0. The minimum absolute atomic E-state index is 0.0410. The van der Waals surface area contributed by atoms with Crippen LogP contribution in [0.4, 0.5) is 0 Å². The molecule has 0 aliphatic heterocycles. The number of esters is 1. The third kappa shape index (κ3) is 6.43. The largest absolute Gasteiger partial charge is 0.467 e. The summed E-state index contributed by atoms with van der Waals surface area (Å²) in [5.41, 5.74) is 2.35. The molecule has 0 spiro atoms. The predicted octanol–water partition coefficient (Wildman–Crippen LogP) is 4.02. The molecule has 0 aromatic heterocycles. The minimum atomic E-state index is -0.660. The number of hydrogen-bond acceptors (Lipinski definition) is 4. The highest BCUT2D eigenvalue weighted by Crippen LogP contribution is 2.29. The standard InChI is InChI=1S/C22H27NO3S/c1-16(19-12-8-5-9-13-19)20(21(24)23-17(2)22(25)26-3)15-27-14-18-10-6-4-7-11-18/h4-13,16-17,20H,14-15H2,1-3H3,(H,23,24)/t16-,17-,20-/m0/s1. The van der Waals surface area contributed by atoms with E-state index in [-0.39, 0.29) is 17.7 Å². The summed E-state index contributed by atoms with van der Waals surface area (Å²) in [7, 11) is 1.32. The van der Waals surface area contributed by atoms with E-state index in [1.165, 1.54) is 12.7 Å². The topological polar surface area (TPSA) is 55.4 Å². The van der Waals surface area contributed by atoms with E-state index in [1.54, 1.807) is 18.7 Å². The first-order valence-electron chi connectivity index (χ1n) is 9.07. The molecule has 0 radical (unpaired) electrons. The smallest absolute Gasteiger partial charge is 0.328 e. The highest BCUT2D eigenvalue weighted by Gasteiger charge is 2.28. The summed E-state index contributed by atoms with van der Waals surface area (Å²) in [6, 6.07) is 19.5. The quantitative estimate of drug-likeness (QED) is 0.663. The highest BCUT2D eigenvalue weighted by atomic mass is 32.2. The zero-order chi connectivity index (χ0) is 19.6. The number of thioether (sulfide) groups is 1. The van der Waals surface area contributed by atoms with Crippen molar-refractivity contribution in [2.75, 3.05) is 12.9 Å². The lowest BCUT2D eigenvalue weighted by Gasteiger charge is -2.25. The van der Waals surface area contributed by atoms with Crippen molar-refractivity contribution in [1.29, 1.82) is 0 Å². The number of ether oxygens (including phenoxy) is 1. The molecule has 0 aliphatic rings. The van der Waals surface area contributed by atoms with Gasteiger partial charge in [-0.25, -0.2) is 4.79 Å². The number of methoxy groups -OCH3 is 1. The van der Waals surface area contributed by atoms with Gasteiger partial charge in [0, 0.05) is 11.5 Å². The van der Waals surface area contributed by atoms with Crippen LogP contribution in [0.5, 0.6) is 0 Å². The van der Waals surface area contributed by atoms with Gasteiger partial charge >= 0.3 is 5.97 Å². The monoisotopic (exact) mass is 385 g/mol. The molecule has 5 heteroatoms. The van der Waals surface area contributed by atoms with Gasteiger partial charge in [-0.15, -0.1) is 0 Å². The fourth-order valence-corrected chi connectivity index (χ4v) is 4.11. The Morgan fingerprint density at radius 2 is 1.59 bits per heavy atom. The van der Waals surface area contributed by atoms with Gasteiger partial charge in [-0.1, -0.05) is 67.6 Å². The first-order chi connectivity index (χ1) is 13.0. The maximum Gasteiger partial charge on any atom is 0.328 e. The van der Waals surface area contributed by atoms with Crippen LogP contribution in [0.3, 0.4) is 0 Å². The molecule has 0 unspecified atom stereocenters. The van der Waals surface area contributed by atoms with Gasteiger partial charge < -0.3 is 10.1 Å². The third-order valence-corrected chi connectivity index (χ3v) is 5.72. The summed E-state index contributed by atoms with van der Waals surface area (Å²) in [4.78, 5) is 24.6. The fraction of sp³-hybridized carbons (Fsp3) is 0.364. The molecule has 144 valence electrons. The summed E-state index contributed by atoms with van der Waals surface area (Å²) < 4.78 is 4.72. The van der Waals surface area contributed by atoms with Crippen molar-refractivity contribution in [3.8, 4) is 0 Å². The van der Waals surface area contributed by atoms with Gasteiger partial charge in [0.05, 0.1) is 13.0 Å². The Kier molecular flexibility index (Phi) is 8.40. The van der Waals surface area contributed by atoms with Crippen LogP contribution in [0.1, 0.15) is 30.9 Å². The number of nitrogens with one attached hydrogen (secondary N) is 1. The lowest BCUT2D eigenvalue weighted by atomic mass is 9.88. The Balaban J connectivity index is 2.07. The molecule has 2 aromatic rings. The zero-order valence-corrected chi connectivity index (χ0v) is 16.9. The predicted molar refractivity (Wildman–Crippen MR) is 111 cm³/mol. The molecule has 3 atom stereocenters. The lowest BCUT2D eigenvalue weighted by Crippen LogP contribution is -2.44. The second kappa shape index (κ2) is 10.8. The number of rotatable bonds is 9. The number of hydrogen-bond donors (Lipinski definition) is 1. The van der Waals surface area contributed by atoms with Crippen molar-refractivity contribution < 1.29 is 14.3 Å². The van der Waals surface area contributed by atoms with E-state index < -0.39 is 12.0 Å². The van der Waals surface area contributed by atoms with Crippen LogP contribution in [-0.4, -0.2) is 30.8 Å². The van der Waals surface area contributed by atoms with Gasteiger partial charge in [-0.3, -0.25) is 4.79 Å². The van der Waals surface area contributed by atoms with Crippen molar-refractivity contribution in [3.63, 3.8) is 0 Å². The van der Waals surface area contributed by atoms with Gasteiger partial charge in [-0.05, 0) is 24.0 Å². The SMILES string of the molecule is COC(=O)[C@H](C)NC(=O)[C@@H](CSCc1ccccc1)[C@@H](C)c1ccccc1. The second-order valence-corrected chi connectivity index (χ2v) is 7.59. The molecule has 0 saturated heterocycles. The van der Waals surface area contributed by atoms with Gasteiger partial charge in [0.25, 0.3) is 0 Å². The Morgan fingerprint density at radius 1 is 1.00 bits per heavy atom. The molecule has 4 nitrogen and oxygen atoms in total. The molecular weight excluding hydrogens is 358 g/mol. The summed E-state index contributed by atoms with van der Waals surface area (Å²) in [5, 5.41) is 2.80. The molecule has 0 bridgehead atoms. The Labute approximate surface area is 165 Å². The molecular formula is C22H27NO3S. The number of amides is 1. The van der Waals surface area contributed by atoms with Crippen LogP contribution in [-0.2, 0) is 20.1 Å². The Morgan fingerprint density at radius 3 is 2.19 bits per heavy atom. The number of carbonyl (C=O) groups is 2. The first-order valence-corrected chi connectivity index (χ1v) is 10.2. The average Bonchev–Trinajstić information content (AvgIpc) is 2.71. The summed E-state index contributed by atoms with van der Waals surface area (Å²) in [6.45, 7) is 3.70. The lowest BCUT2D eigenvalue weighted by molar-refractivity contribution is -0.145. The fourth-order valence-electron chi connectivity index (χ4n) is 2.87. The van der Waals surface area contributed by atoms with Crippen LogP contribution in [0.25, 0.3) is 0 Å². The van der Waals surface area contributed by atoms with Gasteiger partial charge in [-0.2, -0.15) is 11.8 Å². The van der Waals surface area contributed by atoms with Crippen molar-refractivity contribution in [2.24, 2.45) is 5.92 Å². The molecule has 0 saturated carbocycles. The van der Waals surface area contributed by atoms with Crippen molar-refractivity contribution >= 4 is 23.6 Å². The van der Waals surface area contributed by atoms with Crippen LogP contribution in [0.2, 0.25) is 0 Å². The molecule has 0 fully saturated rings. The third-order valence-electron chi connectivity index (χ3n) is 4.59. The van der Waals surface area contributed by atoms with Crippen molar-refractivity contribution in [3.05, 3.63) is 71.8 Å². The van der Waals surface area contributed by atoms with Gasteiger partial charge in [0.2, 0.25) is 5.91 Å². The van der Waals surface area contributed by atoms with E-state index in [0.717, 1.165) is 11.3 Å². The summed E-state index contributed by atoms with van der Waals surface area (Å²) >= 11 is 1.73. The molecule has 2 rings (SSSR count). The maximum absolute atomic E-state index is 12.9. The van der Waals surface area contributed by atoms with Crippen LogP contribution in [0.15, 0.2) is 60.7 Å². The average molecular weight is 386 g/mol. The van der Waals surface area contributed by atoms with Crippen molar-refractivity contribution in [1.82, 2.24) is 5.32 Å². The van der Waals surface area contributed by atoms with Gasteiger partial charge in [0.15, 0.2) is 0 Å². The molecule has 2 aromatic carbocycles. The van der Waals surface area contributed by atoms with E-state index >= 15 is 0 Å². The van der Waals surface area contributed by atoms with Crippen LogP contribution in [0, 0.1) is 5.92 Å². The van der Waals surface area contributed by atoms with E-state index in [1.807, 2.05) is 48.5 Å². The van der Waals surface area contributed by atoms with Crippen LogP contribution < -0.4 is 5.32 Å². The molecule has 1 N–H and O–H groups in total. The maximum atomic E-state index is 12.9. The van der Waals surface area contributed by atoms with E-state index in [0.29, 0.717) is 5.75 Å². The summed E-state index contributed by atoms with van der Waals surface area (Å²) in [5.74, 6) is 0.757. The van der Waals surface area contributed by atoms with Crippen molar-refractivity contribution in [2.45, 2.75) is 31.6 Å². The first kappa shape index (κ1) is 21.0. The number of benzene rings is 2. The minimum Gasteiger partial charge on any atom is -0.467 e. The highest BCUT2D eigenvalue weighted by molar-refractivity contribution is 7.98. The van der Waals surface area contributed by atoms with Gasteiger partial charge in [0.1, 0.15) is 6.04 Å². The second-order valence-electron chi connectivity index (χ2n) is 6.56. The van der Waals surface area contributed by atoms with E-state index in [9.17, 15) is 9.59 Å². The van der Waals surface area contributed by atoms with E-state index in [2.05, 4.69) is 24.4 Å². The van der Waals surface area contributed by atoms with Crippen LogP contribution >= 0.6 is 11.8 Å². The Hall–Kier alpha value is -2.27. The molecule has 1 amide bonds. The molecule has 27 heavy (non-hydrogen) atoms. The zero-order valence-electron chi connectivity index (χ0n) is 16.1. The Bertz CT molecular complexity index is 721. The van der Waals surface area contributed by atoms with E-state index in [4.69, 9.17) is 4.74 Å². The summed E-state index contributed by atoms with van der Waals surface area (Å²) in [6.07, 6.45) is 0. The molecule has 0 aliphatic carbocycles. The number of carbonyl (C=O) groups excluding carboxylic acids is 2. The molecule has 0 heterocycles.